The number of anilines is 2. The van der Waals surface area contributed by atoms with Crippen molar-refractivity contribution in [3.05, 3.63) is 59.5 Å². The number of aromatic nitrogens is 1. The Morgan fingerprint density at radius 2 is 2.00 bits per heavy atom. The van der Waals surface area contributed by atoms with Gasteiger partial charge in [-0.1, -0.05) is 18.2 Å². The van der Waals surface area contributed by atoms with Crippen molar-refractivity contribution in [2.75, 3.05) is 51.8 Å². The molecule has 4 aromatic rings. The zero-order chi connectivity index (χ0) is 22.6. The van der Waals surface area contributed by atoms with Gasteiger partial charge < -0.3 is 20.1 Å². The monoisotopic (exact) mass is 462 g/mol. The van der Waals surface area contributed by atoms with Gasteiger partial charge in [0.25, 0.3) is 5.91 Å². The number of amides is 1. The number of para-hydroxylation sites is 1. The van der Waals surface area contributed by atoms with Gasteiger partial charge in [-0.15, -0.1) is 11.3 Å². The number of ether oxygens (including phenoxy) is 2. The average molecular weight is 463 g/mol. The van der Waals surface area contributed by atoms with E-state index in [2.05, 4.69) is 27.0 Å². The van der Waals surface area contributed by atoms with Crippen LogP contribution in [0.25, 0.3) is 21.0 Å². The standard InChI is InChI=1S/C25H26N4O3S/c1-26-25(30)20-7-3-6-19-22(20)28-24(21-8-15-33-23(19)21)27-17-4-2-5-18(16-17)32-14-11-29-9-12-31-13-10-29/h2-8,15-16H,9-14H2,1H3,(H,26,30)(H,27,28). The second-order valence-electron chi connectivity index (χ2n) is 7.86. The van der Waals surface area contributed by atoms with Crippen LogP contribution in [0.1, 0.15) is 10.4 Å². The van der Waals surface area contributed by atoms with Gasteiger partial charge in [-0.3, -0.25) is 9.69 Å². The third kappa shape index (κ3) is 4.64. The summed E-state index contributed by atoms with van der Waals surface area (Å²) in [4.78, 5) is 19.7. The fourth-order valence-electron chi connectivity index (χ4n) is 4.05. The van der Waals surface area contributed by atoms with Gasteiger partial charge in [0, 0.05) is 53.9 Å². The highest BCUT2D eigenvalue weighted by Gasteiger charge is 2.16. The molecule has 7 nitrogen and oxygen atoms in total. The van der Waals surface area contributed by atoms with E-state index < -0.39 is 0 Å². The first-order valence-electron chi connectivity index (χ1n) is 11.0. The summed E-state index contributed by atoms with van der Waals surface area (Å²) < 4.78 is 12.5. The highest BCUT2D eigenvalue weighted by molar-refractivity contribution is 7.18. The molecule has 0 spiro atoms. The molecule has 33 heavy (non-hydrogen) atoms. The minimum Gasteiger partial charge on any atom is -0.492 e. The van der Waals surface area contributed by atoms with Crippen LogP contribution >= 0.6 is 11.3 Å². The molecule has 0 atom stereocenters. The van der Waals surface area contributed by atoms with Crippen molar-refractivity contribution >= 4 is 49.7 Å². The van der Waals surface area contributed by atoms with E-state index in [1.807, 2.05) is 36.4 Å². The number of rotatable bonds is 7. The zero-order valence-electron chi connectivity index (χ0n) is 18.5. The molecule has 1 fully saturated rings. The molecule has 2 aromatic carbocycles. The van der Waals surface area contributed by atoms with Crippen LogP contribution in [0.5, 0.6) is 5.75 Å². The zero-order valence-corrected chi connectivity index (χ0v) is 19.3. The summed E-state index contributed by atoms with van der Waals surface area (Å²) in [5.41, 5.74) is 2.14. The second kappa shape index (κ2) is 9.74. The Bertz CT molecular complexity index is 1280. The van der Waals surface area contributed by atoms with Crippen molar-refractivity contribution in [2.24, 2.45) is 0 Å². The lowest BCUT2D eigenvalue weighted by Gasteiger charge is -2.26. The SMILES string of the molecule is CNC(=O)c1cccc2c1nc(Nc1cccc(OCCN3CCOCC3)c1)c1ccsc12. The molecule has 2 aromatic heterocycles. The molecule has 1 aliphatic heterocycles. The lowest BCUT2D eigenvalue weighted by atomic mass is 10.1. The van der Waals surface area contributed by atoms with Gasteiger partial charge in [-0.25, -0.2) is 4.98 Å². The maximum atomic E-state index is 12.4. The summed E-state index contributed by atoms with van der Waals surface area (Å²) in [5.74, 6) is 1.38. The van der Waals surface area contributed by atoms with E-state index in [1.165, 1.54) is 0 Å². The molecule has 170 valence electrons. The Kier molecular flexibility index (Phi) is 6.39. The first kappa shape index (κ1) is 21.6. The van der Waals surface area contributed by atoms with Gasteiger partial charge in [-0.05, 0) is 29.6 Å². The van der Waals surface area contributed by atoms with Crippen LogP contribution in [0.15, 0.2) is 53.9 Å². The van der Waals surface area contributed by atoms with Crippen LogP contribution in [0, 0.1) is 0 Å². The van der Waals surface area contributed by atoms with E-state index in [-0.39, 0.29) is 5.91 Å². The van der Waals surface area contributed by atoms with Gasteiger partial charge in [-0.2, -0.15) is 0 Å². The molecule has 1 aliphatic rings. The number of nitrogens with zero attached hydrogens (tertiary/aromatic N) is 2. The van der Waals surface area contributed by atoms with Crippen LogP contribution in [0.2, 0.25) is 0 Å². The second-order valence-corrected chi connectivity index (χ2v) is 8.78. The van der Waals surface area contributed by atoms with Crippen LogP contribution in [-0.4, -0.2) is 62.3 Å². The first-order chi connectivity index (χ1) is 16.2. The predicted molar refractivity (Wildman–Crippen MR) is 133 cm³/mol. The normalized spacial score (nSPS) is 14.5. The van der Waals surface area contributed by atoms with Gasteiger partial charge in [0.2, 0.25) is 0 Å². The predicted octanol–water partition coefficient (Wildman–Crippen LogP) is 4.26. The van der Waals surface area contributed by atoms with Crippen molar-refractivity contribution in [1.29, 1.82) is 0 Å². The quantitative estimate of drug-likeness (QED) is 0.427. The molecule has 3 heterocycles. The molecule has 0 saturated carbocycles. The smallest absolute Gasteiger partial charge is 0.253 e. The molecule has 0 aliphatic carbocycles. The molecule has 1 saturated heterocycles. The average Bonchev–Trinajstić information content (AvgIpc) is 3.35. The van der Waals surface area contributed by atoms with Crippen LogP contribution in [0.3, 0.4) is 0 Å². The third-order valence-electron chi connectivity index (χ3n) is 5.77. The summed E-state index contributed by atoms with van der Waals surface area (Å²) in [7, 11) is 1.63. The van der Waals surface area contributed by atoms with Crippen LogP contribution in [0.4, 0.5) is 11.5 Å². The van der Waals surface area contributed by atoms with Crippen molar-refractivity contribution in [1.82, 2.24) is 15.2 Å². The molecular weight excluding hydrogens is 436 g/mol. The minimum absolute atomic E-state index is 0.148. The van der Waals surface area contributed by atoms with E-state index >= 15 is 0 Å². The fourth-order valence-corrected chi connectivity index (χ4v) is 4.98. The number of fused-ring (bicyclic) bond motifs is 3. The Balaban J connectivity index is 1.40. The van der Waals surface area contributed by atoms with E-state index in [9.17, 15) is 4.79 Å². The third-order valence-corrected chi connectivity index (χ3v) is 6.72. The number of nitrogens with one attached hydrogen (secondary N) is 2. The number of thiophene rings is 1. The molecule has 5 rings (SSSR count). The van der Waals surface area contributed by atoms with Gasteiger partial charge in [0.15, 0.2) is 0 Å². The Morgan fingerprint density at radius 1 is 1.15 bits per heavy atom. The maximum Gasteiger partial charge on any atom is 0.253 e. The summed E-state index contributed by atoms with van der Waals surface area (Å²) in [5, 5.41) is 10.2. The van der Waals surface area contributed by atoms with E-state index in [1.54, 1.807) is 24.5 Å². The van der Waals surface area contributed by atoms with E-state index in [0.717, 1.165) is 65.6 Å². The number of pyridine rings is 1. The number of hydrogen-bond acceptors (Lipinski definition) is 7. The summed E-state index contributed by atoms with van der Waals surface area (Å²) in [6, 6.07) is 15.7. The molecule has 8 heteroatoms. The number of carbonyl (C=O) groups is 1. The number of hydrogen-bond donors (Lipinski definition) is 2. The molecular formula is C25H26N4O3S. The highest BCUT2D eigenvalue weighted by atomic mass is 32.1. The molecule has 2 N–H and O–H groups in total. The van der Waals surface area contributed by atoms with E-state index in [0.29, 0.717) is 17.7 Å². The molecule has 1 amide bonds. The lowest BCUT2D eigenvalue weighted by Crippen LogP contribution is -2.38. The number of benzene rings is 2. The fraction of sp³-hybridized carbons (Fsp3) is 0.280. The largest absolute Gasteiger partial charge is 0.492 e. The maximum absolute atomic E-state index is 12.4. The Hall–Kier alpha value is -3.20. The van der Waals surface area contributed by atoms with E-state index in [4.69, 9.17) is 14.5 Å². The number of carbonyl (C=O) groups excluding carboxylic acids is 1. The first-order valence-corrected chi connectivity index (χ1v) is 11.9. The summed E-state index contributed by atoms with van der Waals surface area (Å²) in [6.45, 7) is 4.99. The van der Waals surface area contributed by atoms with Crippen molar-refractivity contribution in [2.45, 2.75) is 0 Å². The van der Waals surface area contributed by atoms with Crippen molar-refractivity contribution in [3.8, 4) is 5.75 Å². The lowest BCUT2D eigenvalue weighted by molar-refractivity contribution is 0.0322. The van der Waals surface area contributed by atoms with Crippen LogP contribution in [-0.2, 0) is 4.74 Å². The molecule has 0 bridgehead atoms. The van der Waals surface area contributed by atoms with Crippen LogP contribution < -0.4 is 15.4 Å². The topological polar surface area (TPSA) is 75.7 Å². The van der Waals surface area contributed by atoms with Gasteiger partial charge in [0.1, 0.15) is 18.2 Å². The van der Waals surface area contributed by atoms with Crippen molar-refractivity contribution < 1.29 is 14.3 Å². The van der Waals surface area contributed by atoms with Gasteiger partial charge >= 0.3 is 0 Å². The Morgan fingerprint density at radius 3 is 2.85 bits per heavy atom. The highest BCUT2D eigenvalue weighted by Crippen LogP contribution is 2.36. The summed E-state index contributed by atoms with van der Waals surface area (Å²) in [6.07, 6.45) is 0. The molecule has 0 unspecified atom stereocenters. The van der Waals surface area contributed by atoms with Gasteiger partial charge in [0.05, 0.1) is 24.3 Å². The minimum atomic E-state index is -0.148. The van der Waals surface area contributed by atoms with Crippen molar-refractivity contribution in [3.63, 3.8) is 0 Å². The molecule has 0 radical (unpaired) electrons. The Labute approximate surface area is 196 Å². The number of morpholine rings is 1. The summed E-state index contributed by atoms with van der Waals surface area (Å²) >= 11 is 1.65.